The van der Waals surface area contributed by atoms with Crippen LogP contribution in [0, 0.1) is 0 Å². The molecule has 0 aliphatic rings. The van der Waals surface area contributed by atoms with Crippen LogP contribution in [0.15, 0.2) is 30.3 Å². The second-order valence-electron chi connectivity index (χ2n) is 3.66. The van der Waals surface area contributed by atoms with E-state index < -0.39 is 24.7 Å². The monoisotopic (exact) mass is 278 g/mol. The van der Waals surface area contributed by atoms with Crippen LogP contribution in [0.25, 0.3) is 0 Å². The van der Waals surface area contributed by atoms with Crippen molar-refractivity contribution in [1.29, 1.82) is 0 Å². The van der Waals surface area contributed by atoms with Crippen LogP contribution in [0.1, 0.15) is 6.42 Å². The highest BCUT2D eigenvalue weighted by Gasteiger charge is 2.41. The van der Waals surface area contributed by atoms with Gasteiger partial charge in [0.1, 0.15) is 12.4 Å². The maximum atomic E-state index is 12.4. The van der Waals surface area contributed by atoms with E-state index in [1.165, 1.54) is 0 Å². The third-order valence-corrected chi connectivity index (χ3v) is 2.14. The highest BCUT2D eigenvalue weighted by atomic mass is 19.4. The summed E-state index contributed by atoms with van der Waals surface area (Å²) < 4.78 is 46.8. The highest BCUT2D eigenvalue weighted by Crippen LogP contribution is 2.25. The SMILES string of the molecule is O=C(O)CC(OCCOc1ccccc1)C(F)(F)F. The molecule has 0 saturated carbocycles. The minimum atomic E-state index is -4.70. The molecular formula is C12H13F3O4. The zero-order valence-corrected chi connectivity index (χ0v) is 9.89. The minimum Gasteiger partial charge on any atom is -0.491 e. The normalized spacial score (nSPS) is 13.0. The fourth-order valence-electron chi connectivity index (χ4n) is 1.29. The summed E-state index contributed by atoms with van der Waals surface area (Å²) in [4.78, 5) is 10.3. The minimum absolute atomic E-state index is 0.0871. The van der Waals surface area contributed by atoms with E-state index in [2.05, 4.69) is 4.74 Å². The molecule has 0 amide bonds. The number of carboxylic acids is 1. The smallest absolute Gasteiger partial charge is 0.415 e. The Bertz CT molecular complexity index is 392. The van der Waals surface area contributed by atoms with Crippen LogP contribution < -0.4 is 4.74 Å². The molecule has 0 aliphatic carbocycles. The molecule has 4 nitrogen and oxygen atoms in total. The average molecular weight is 278 g/mol. The summed E-state index contributed by atoms with van der Waals surface area (Å²) in [6.07, 6.45) is -8.13. The van der Waals surface area contributed by atoms with Gasteiger partial charge in [0, 0.05) is 0 Å². The van der Waals surface area contributed by atoms with Crippen LogP contribution in [-0.2, 0) is 9.53 Å². The van der Waals surface area contributed by atoms with Crippen molar-refractivity contribution >= 4 is 5.97 Å². The van der Waals surface area contributed by atoms with Crippen LogP contribution in [-0.4, -0.2) is 36.6 Å². The fourth-order valence-corrected chi connectivity index (χ4v) is 1.29. The van der Waals surface area contributed by atoms with Gasteiger partial charge in [-0.2, -0.15) is 13.2 Å². The largest absolute Gasteiger partial charge is 0.491 e. The molecule has 1 aromatic rings. The number of hydrogen-bond donors (Lipinski definition) is 1. The maximum absolute atomic E-state index is 12.4. The van der Waals surface area contributed by atoms with Gasteiger partial charge in [0.05, 0.1) is 13.0 Å². The van der Waals surface area contributed by atoms with Crippen molar-refractivity contribution in [3.63, 3.8) is 0 Å². The molecule has 0 bridgehead atoms. The Morgan fingerprint density at radius 2 is 1.84 bits per heavy atom. The Balaban J connectivity index is 2.34. The number of para-hydroxylation sites is 1. The van der Waals surface area contributed by atoms with Gasteiger partial charge in [0.2, 0.25) is 0 Å². The van der Waals surface area contributed by atoms with Crippen LogP contribution in [0.2, 0.25) is 0 Å². The summed E-state index contributed by atoms with van der Waals surface area (Å²) in [5.41, 5.74) is 0. The zero-order valence-electron chi connectivity index (χ0n) is 9.89. The Morgan fingerprint density at radius 1 is 1.21 bits per heavy atom. The standard InChI is InChI=1S/C12H13F3O4/c13-12(14,15)10(8-11(16)17)19-7-6-18-9-4-2-1-3-5-9/h1-5,10H,6-8H2,(H,16,17). The first-order valence-electron chi connectivity index (χ1n) is 5.47. The van der Waals surface area contributed by atoms with Crippen molar-refractivity contribution in [2.75, 3.05) is 13.2 Å². The van der Waals surface area contributed by atoms with E-state index in [9.17, 15) is 18.0 Å². The number of rotatable bonds is 7. The number of aliphatic carboxylic acids is 1. The fraction of sp³-hybridized carbons (Fsp3) is 0.417. The summed E-state index contributed by atoms with van der Waals surface area (Å²) in [7, 11) is 0. The first-order chi connectivity index (χ1) is 8.89. The van der Waals surface area contributed by atoms with Gasteiger partial charge in [-0.25, -0.2) is 0 Å². The van der Waals surface area contributed by atoms with Crippen molar-refractivity contribution in [3.05, 3.63) is 30.3 Å². The van der Waals surface area contributed by atoms with Gasteiger partial charge in [-0.05, 0) is 12.1 Å². The van der Waals surface area contributed by atoms with Crippen LogP contribution in [0.5, 0.6) is 5.75 Å². The lowest BCUT2D eigenvalue weighted by Crippen LogP contribution is -2.35. The lowest BCUT2D eigenvalue weighted by molar-refractivity contribution is -0.225. The second kappa shape index (κ2) is 6.98. The molecule has 1 atom stereocenters. The molecule has 0 saturated heterocycles. The van der Waals surface area contributed by atoms with Crippen molar-refractivity contribution < 1.29 is 32.5 Å². The molecule has 1 rings (SSSR count). The number of halogens is 3. The number of hydrogen-bond acceptors (Lipinski definition) is 3. The van der Waals surface area contributed by atoms with E-state index >= 15 is 0 Å². The Morgan fingerprint density at radius 3 is 2.37 bits per heavy atom. The lowest BCUT2D eigenvalue weighted by atomic mass is 10.2. The molecule has 0 radical (unpaired) electrons. The number of alkyl halides is 3. The lowest BCUT2D eigenvalue weighted by Gasteiger charge is -2.19. The van der Waals surface area contributed by atoms with Gasteiger partial charge in [0.25, 0.3) is 0 Å². The summed E-state index contributed by atoms with van der Waals surface area (Å²) in [5, 5.41) is 8.37. The first-order valence-corrected chi connectivity index (χ1v) is 5.47. The molecule has 0 spiro atoms. The third kappa shape index (κ3) is 6.10. The maximum Gasteiger partial charge on any atom is 0.415 e. The number of carbonyl (C=O) groups is 1. The van der Waals surface area contributed by atoms with E-state index in [1.807, 2.05) is 0 Å². The molecule has 7 heteroatoms. The zero-order chi connectivity index (χ0) is 14.3. The molecule has 0 heterocycles. The molecule has 0 fully saturated rings. The third-order valence-electron chi connectivity index (χ3n) is 2.14. The Labute approximate surface area is 107 Å². The van der Waals surface area contributed by atoms with Gasteiger partial charge < -0.3 is 14.6 Å². The summed E-state index contributed by atoms with van der Waals surface area (Å²) in [6, 6.07) is 8.52. The molecule has 1 unspecified atom stereocenters. The quantitative estimate of drug-likeness (QED) is 0.778. The van der Waals surface area contributed by atoms with E-state index in [0.717, 1.165) is 0 Å². The molecule has 19 heavy (non-hydrogen) atoms. The topological polar surface area (TPSA) is 55.8 Å². The Hall–Kier alpha value is -1.76. The Kier molecular flexibility index (Phi) is 5.62. The van der Waals surface area contributed by atoms with Crippen LogP contribution in [0.3, 0.4) is 0 Å². The molecule has 106 valence electrons. The number of ether oxygens (including phenoxy) is 2. The number of carboxylic acid groups (broad SMARTS) is 1. The molecule has 0 aliphatic heterocycles. The highest BCUT2D eigenvalue weighted by molar-refractivity contribution is 5.67. The van der Waals surface area contributed by atoms with Gasteiger partial charge in [-0.3, -0.25) is 4.79 Å². The van der Waals surface area contributed by atoms with Gasteiger partial charge in [-0.15, -0.1) is 0 Å². The molecule has 0 aromatic heterocycles. The average Bonchev–Trinajstić information content (AvgIpc) is 2.32. The van der Waals surface area contributed by atoms with Crippen molar-refractivity contribution in [3.8, 4) is 5.75 Å². The predicted octanol–water partition coefficient (Wildman–Crippen LogP) is 2.49. The molecule has 1 N–H and O–H groups in total. The van der Waals surface area contributed by atoms with Gasteiger partial charge >= 0.3 is 12.1 Å². The summed E-state index contributed by atoms with van der Waals surface area (Å²) in [6.45, 7) is -0.428. The second-order valence-corrected chi connectivity index (χ2v) is 3.66. The molecular weight excluding hydrogens is 265 g/mol. The summed E-state index contributed by atoms with van der Waals surface area (Å²) in [5.74, 6) is -1.06. The van der Waals surface area contributed by atoms with Crippen molar-refractivity contribution in [2.45, 2.75) is 18.7 Å². The van der Waals surface area contributed by atoms with E-state index in [4.69, 9.17) is 9.84 Å². The van der Waals surface area contributed by atoms with Crippen LogP contribution >= 0.6 is 0 Å². The van der Waals surface area contributed by atoms with E-state index in [0.29, 0.717) is 5.75 Å². The number of benzene rings is 1. The molecule has 1 aromatic carbocycles. The van der Waals surface area contributed by atoms with Crippen molar-refractivity contribution in [1.82, 2.24) is 0 Å². The first kappa shape index (κ1) is 15.3. The van der Waals surface area contributed by atoms with Crippen molar-refractivity contribution in [2.24, 2.45) is 0 Å². The van der Waals surface area contributed by atoms with E-state index in [-0.39, 0.29) is 13.2 Å². The summed E-state index contributed by atoms with van der Waals surface area (Å²) >= 11 is 0. The van der Waals surface area contributed by atoms with E-state index in [1.54, 1.807) is 30.3 Å². The van der Waals surface area contributed by atoms with Gasteiger partial charge in [-0.1, -0.05) is 18.2 Å². The van der Waals surface area contributed by atoms with Gasteiger partial charge in [0.15, 0.2) is 6.10 Å². The van der Waals surface area contributed by atoms with Crippen LogP contribution in [0.4, 0.5) is 13.2 Å². The predicted molar refractivity (Wildman–Crippen MR) is 60.0 cm³/mol.